The number of para-hydroxylation sites is 1. The van der Waals surface area contributed by atoms with Gasteiger partial charge in [-0.05, 0) is 48.4 Å². The molecule has 1 atom stereocenters. The molecular formula is C31H31N3O6S. The molecule has 2 aliphatic heterocycles. The van der Waals surface area contributed by atoms with Crippen molar-refractivity contribution in [2.45, 2.75) is 43.4 Å². The maximum absolute atomic E-state index is 13.3. The fourth-order valence-corrected chi connectivity index (χ4v) is 7.22. The molecule has 0 radical (unpaired) electrons. The van der Waals surface area contributed by atoms with E-state index in [0.29, 0.717) is 50.3 Å². The molecule has 1 saturated carbocycles. The monoisotopic (exact) mass is 573 g/mol. The number of ketones is 2. The molecule has 10 heteroatoms. The SMILES string of the molecule is O=C1CCC(N2Cc3c(OCc4ccc(S(=O)(=O)N5CCN(c6ccccc6)CC5)cc4)cccc3C2=O)C(=O)C1. The van der Waals surface area contributed by atoms with Gasteiger partial charge in [-0.25, -0.2) is 8.42 Å². The highest BCUT2D eigenvalue weighted by Crippen LogP contribution is 2.34. The first-order valence-corrected chi connectivity index (χ1v) is 15.2. The van der Waals surface area contributed by atoms with E-state index in [1.54, 1.807) is 47.4 Å². The highest BCUT2D eigenvalue weighted by atomic mass is 32.2. The van der Waals surface area contributed by atoms with Crippen LogP contribution in [-0.2, 0) is 32.8 Å². The van der Waals surface area contributed by atoms with E-state index in [-0.39, 0.29) is 41.9 Å². The summed E-state index contributed by atoms with van der Waals surface area (Å²) >= 11 is 0. The van der Waals surface area contributed by atoms with E-state index in [1.165, 1.54) is 4.31 Å². The molecule has 1 unspecified atom stereocenters. The Hall–Kier alpha value is -4.02. The summed E-state index contributed by atoms with van der Waals surface area (Å²) in [6.07, 6.45) is 0.533. The molecule has 1 saturated heterocycles. The average molecular weight is 574 g/mol. The minimum Gasteiger partial charge on any atom is -0.489 e. The van der Waals surface area contributed by atoms with Gasteiger partial charge in [0, 0.05) is 49.4 Å². The molecule has 2 heterocycles. The van der Waals surface area contributed by atoms with E-state index < -0.39 is 16.1 Å². The lowest BCUT2D eigenvalue weighted by molar-refractivity contribution is -0.133. The van der Waals surface area contributed by atoms with Crippen LogP contribution in [0.1, 0.15) is 40.7 Å². The number of hydrogen-bond donors (Lipinski definition) is 0. The zero-order valence-corrected chi connectivity index (χ0v) is 23.4. The number of sulfonamides is 1. The van der Waals surface area contributed by atoms with Crippen LogP contribution in [0.2, 0.25) is 0 Å². The summed E-state index contributed by atoms with van der Waals surface area (Å²) in [6.45, 7) is 2.54. The van der Waals surface area contributed by atoms with Crippen LogP contribution < -0.4 is 9.64 Å². The van der Waals surface area contributed by atoms with Gasteiger partial charge in [-0.2, -0.15) is 4.31 Å². The first-order chi connectivity index (χ1) is 19.8. The topological polar surface area (TPSA) is 104 Å². The number of fused-ring (bicyclic) bond motifs is 1. The molecule has 212 valence electrons. The number of rotatable bonds is 7. The number of nitrogens with zero attached hydrogens (tertiary/aromatic N) is 3. The number of amides is 1. The third-order valence-corrected chi connectivity index (χ3v) is 10.00. The van der Waals surface area contributed by atoms with Gasteiger partial charge in [0.05, 0.1) is 23.9 Å². The molecule has 1 amide bonds. The van der Waals surface area contributed by atoms with Crippen molar-refractivity contribution in [3.8, 4) is 5.75 Å². The molecule has 3 aromatic rings. The predicted octanol–water partition coefficient (Wildman–Crippen LogP) is 3.42. The van der Waals surface area contributed by atoms with E-state index in [2.05, 4.69) is 4.90 Å². The molecule has 2 fully saturated rings. The third-order valence-electron chi connectivity index (χ3n) is 8.08. The van der Waals surface area contributed by atoms with Gasteiger partial charge in [0.1, 0.15) is 18.1 Å². The lowest BCUT2D eigenvalue weighted by atomic mass is 9.92. The van der Waals surface area contributed by atoms with Gasteiger partial charge in [-0.15, -0.1) is 0 Å². The quantitative estimate of drug-likeness (QED) is 0.399. The Labute approximate surface area is 239 Å². The normalized spacial score (nSPS) is 19.9. The van der Waals surface area contributed by atoms with Crippen molar-refractivity contribution in [3.05, 3.63) is 89.5 Å². The number of piperazine rings is 1. The Morgan fingerprint density at radius 3 is 2.27 bits per heavy atom. The smallest absolute Gasteiger partial charge is 0.255 e. The van der Waals surface area contributed by atoms with Gasteiger partial charge >= 0.3 is 0 Å². The van der Waals surface area contributed by atoms with E-state index in [4.69, 9.17) is 4.74 Å². The molecule has 3 aromatic carbocycles. The van der Waals surface area contributed by atoms with Crippen molar-refractivity contribution in [2.75, 3.05) is 31.1 Å². The fraction of sp³-hybridized carbons (Fsp3) is 0.323. The molecule has 0 N–H and O–H groups in total. The second-order valence-electron chi connectivity index (χ2n) is 10.6. The summed E-state index contributed by atoms with van der Waals surface area (Å²) < 4.78 is 34.2. The standard InChI is InChI=1S/C31H31N3O6S/c35-24-11-14-28(29(36)19-24)34-20-27-26(31(34)37)7-4-8-30(27)40-21-22-9-12-25(13-10-22)41(38,39)33-17-15-32(16-18-33)23-5-2-1-3-6-23/h1-10,12-13,28H,11,14-21H2. The number of anilines is 1. The minimum absolute atomic E-state index is 0.0797. The van der Waals surface area contributed by atoms with Crippen molar-refractivity contribution < 1.29 is 27.5 Å². The fourth-order valence-electron chi connectivity index (χ4n) is 5.80. The molecule has 3 aliphatic rings. The Bertz CT molecular complexity index is 1580. The van der Waals surface area contributed by atoms with E-state index in [0.717, 1.165) is 16.8 Å². The van der Waals surface area contributed by atoms with Crippen LogP contribution in [0.3, 0.4) is 0 Å². The summed E-state index contributed by atoms with van der Waals surface area (Å²) in [7, 11) is -3.62. The van der Waals surface area contributed by atoms with Crippen LogP contribution in [0, 0.1) is 0 Å². The molecule has 0 spiro atoms. The van der Waals surface area contributed by atoms with Gasteiger partial charge in [0.15, 0.2) is 5.78 Å². The van der Waals surface area contributed by atoms with E-state index in [9.17, 15) is 22.8 Å². The summed E-state index contributed by atoms with van der Waals surface area (Å²) in [5.74, 6) is 0.0323. The Morgan fingerprint density at radius 2 is 1.56 bits per heavy atom. The summed E-state index contributed by atoms with van der Waals surface area (Å²) in [4.78, 5) is 41.2. The first-order valence-electron chi connectivity index (χ1n) is 13.8. The maximum Gasteiger partial charge on any atom is 0.255 e. The summed E-state index contributed by atoms with van der Waals surface area (Å²) in [6, 6.07) is 21.3. The number of ether oxygens (including phenoxy) is 1. The van der Waals surface area contributed by atoms with Gasteiger partial charge in [0.2, 0.25) is 10.0 Å². The van der Waals surface area contributed by atoms with Crippen molar-refractivity contribution in [1.29, 1.82) is 0 Å². The maximum atomic E-state index is 13.3. The lowest BCUT2D eigenvalue weighted by Crippen LogP contribution is -2.48. The molecule has 41 heavy (non-hydrogen) atoms. The zero-order chi connectivity index (χ0) is 28.6. The van der Waals surface area contributed by atoms with Gasteiger partial charge in [-0.3, -0.25) is 14.4 Å². The Balaban J connectivity index is 1.09. The second-order valence-corrected chi connectivity index (χ2v) is 12.5. The van der Waals surface area contributed by atoms with Gasteiger partial charge < -0.3 is 14.5 Å². The van der Waals surface area contributed by atoms with Crippen molar-refractivity contribution in [2.24, 2.45) is 0 Å². The molecular weight excluding hydrogens is 542 g/mol. The average Bonchev–Trinajstić information content (AvgIpc) is 3.33. The number of carbonyl (C=O) groups is 3. The van der Waals surface area contributed by atoms with Crippen LogP contribution in [0.25, 0.3) is 0 Å². The summed E-state index contributed by atoms with van der Waals surface area (Å²) in [5, 5.41) is 0. The van der Waals surface area contributed by atoms with Crippen LogP contribution >= 0.6 is 0 Å². The minimum atomic E-state index is -3.62. The van der Waals surface area contributed by atoms with Crippen molar-refractivity contribution in [1.82, 2.24) is 9.21 Å². The van der Waals surface area contributed by atoms with E-state index >= 15 is 0 Å². The molecule has 0 bridgehead atoms. The second kappa shape index (κ2) is 11.1. The lowest BCUT2D eigenvalue weighted by Gasteiger charge is -2.35. The van der Waals surface area contributed by atoms with Crippen LogP contribution in [-0.4, -0.2) is 67.3 Å². The molecule has 9 nitrogen and oxygen atoms in total. The number of benzene rings is 3. The number of carbonyl (C=O) groups excluding carboxylic acids is 3. The van der Waals surface area contributed by atoms with Crippen LogP contribution in [0.15, 0.2) is 77.7 Å². The van der Waals surface area contributed by atoms with E-state index in [1.807, 2.05) is 30.3 Å². The Kier molecular flexibility index (Phi) is 7.35. The zero-order valence-electron chi connectivity index (χ0n) is 22.6. The third kappa shape index (κ3) is 5.37. The van der Waals surface area contributed by atoms with Crippen LogP contribution in [0.4, 0.5) is 5.69 Å². The summed E-state index contributed by atoms with van der Waals surface area (Å²) in [5.41, 5.74) is 3.10. The number of hydrogen-bond acceptors (Lipinski definition) is 7. The molecule has 0 aromatic heterocycles. The number of Topliss-reactive ketones (excluding diaryl/α,β-unsaturated/α-hetero) is 2. The van der Waals surface area contributed by atoms with Crippen molar-refractivity contribution >= 4 is 33.2 Å². The van der Waals surface area contributed by atoms with Crippen molar-refractivity contribution in [3.63, 3.8) is 0 Å². The van der Waals surface area contributed by atoms with Gasteiger partial charge in [0.25, 0.3) is 5.91 Å². The highest BCUT2D eigenvalue weighted by molar-refractivity contribution is 7.89. The van der Waals surface area contributed by atoms with Crippen LogP contribution in [0.5, 0.6) is 5.75 Å². The molecule has 6 rings (SSSR count). The Morgan fingerprint density at radius 1 is 0.829 bits per heavy atom. The largest absolute Gasteiger partial charge is 0.489 e. The first kappa shape index (κ1) is 27.2. The van der Waals surface area contributed by atoms with Gasteiger partial charge in [-0.1, -0.05) is 36.4 Å². The molecule has 1 aliphatic carbocycles. The predicted molar refractivity (Wildman–Crippen MR) is 152 cm³/mol. The highest BCUT2D eigenvalue weighted by Gasteiger charge is 2.40.